The fourth-order valence-corrected chi connectivity index (χ4v) is 2.49. The van der Waals surface area contributed by atoms with Gasteiger partial charge < -0.3 is 14.0 Å². The van der Waals surface area contributed by atoms with Crippen molar-refractivity contribution in [2.75, 3.05) is 13.7 Å². The molecule has 0 unspecified atom stereocenters. The lowest BCUT2D eigenvalue weighted by Crippen LogP contribution is -2.02. The van der Waals surface area contributed by atoms with Crippen LogP contribution in [0.15, 0.2) is 54.9 Å². The van der Waals surface area contributed by atoms with Gasteiger partial charge in [0.15, 0.2) is 11.5 Å². The third-order valence-corrected chi connectivity index (χ3v) is 3.65. The third-order valence-electron chi connectivity index (χ3n) is 3.65. The van der Waals surface area contributed by atoms with Crippen molar-refractivity contribution in [1.82, 2.24) is 9.55 Å². The fourth-order valence-electron chi connectivity index (χ4n) is 2.49. The minimum absolute atomic E-state index is 0.688. The molecule has 0 N–H and O–H groups in total. The minimum Gasteiger partial charge on any atom is -0.493 e. The van der Waals surface area contributed by atoms with Crippen LogP contribution in [0.4, 0.5) is 0 Å². The van der Waals surface area contributed by atoms with E-state index in [1.54, 1.807) is 7.11 Å². The number of methoxy groups -OCH3 is 1. The molecular weight excluding hydrogens is 276 g/mol. The molecule has 0 radical (unpaired) electrons. The van der Waals surface area contributed by atoms with Crippen molar-refractivity contribution in [2.24, 2.45) is 0 Å². The molecule has 0 spiro atoms. The average molecular weight is 296 g/mol. The Morgan fingerprint density at radius 2 is 1.73 bits per heavy atom. The Labute approximate surface area is 130 Å². The lowest BCUT2D eigenvalue weighted by atomic mass is 10.3. The number of fused-ring (bicyclic) bond motifs is 1. The van der Waals surface area contributed by atoms with Gasteiger partial charge in [-0.05, 0) is 37.1 Å². The molecule has 0 atom stereocenters. The van der Waals surface area contributed by atoms with Crippen LogP contribution >= 0.6 is 0 Å². The molecule has 0 saturated carbocycles. The summed E-state index contributed by atoms with van der Waals surface area (Å²) in [7, 11) is 1.66. The van der Waals surface area contributed by atoms with Crippen molar-refractivity contribution in [1.29, 1.82) is 0 Å². The highest BCUT2D eigenvalue weighted by Gasteiger charge is 2.03. The summed E-state index contributed by atoms with van der Waals surface area (Å²) < 4.78 is 13.3. The largest absolute Gasteiger partial charge is 0.493 e. The van der Waals surface area contributed by atoms with E-state index in [2.05, 4.69) is 15.6 Å². The van der Waals surface area contributed by atoms with E-state index in [-0.39, 0.29) is 0 Å². The number of ether oxygens (including phenoxy) is 2. The molecule has 0 saturated heterocycles. The molecule has 114 valence electrons. The molecular formula is C18H20N2O2. The van der Waals surface area contributed by atoms with Gasteiger partial charge in [0.05, 0.1) is 31.1 Å². The number of aromatic nitrogens is 2. The van der Waals surface area contributed by atoms with Crippen molar-refractivity contribution in [3.8, 4) is 11.5 Å². The number of hydrogen-bond acceptors (Lipinski definition) is 3. The number of nitrogens with zero attached hydrogens (tertiary/aromatic N) is 2. The van der Waals surface area contributed by atoms with Gasteiger partial charge in [-0.1, -0.05) is 24.3 Å². The topological polar surface area (TPSA) is 36.3 Å². The number of unbranched alkanes of at least 4 members (excludes halogenated alkanes) is 1. The summed E-state index contributed by atoms with van der Waals surface area (Å²) in [4.78, 5) is 4.40. The van der Waals surface area contributed by atoms with Gasteiger partial charge in [-0.25, -0.2) is 4.98 Å². The van der Waals surface area contributed by atoms with Crippen LogP contribution in [0.5, 0.6) is 11.5 Å². The summed E-state index contributed by atoms with van der Waals surface area (Å²) in [6.45, 7) is 1.64. The highest BCUT2D eigenvalue weighted by atomic mass is 16.5. The molecule has 3 rings (SSSR count). The molecule has 3 aromatic rings. The Kier molecular flexibility index (Phi) is 4.59. The molecule has 0 fully saturated rings. The first-order valence-electron chi connectivity index (χ1n) is 7.54. The van der Waals surface area contributed by atoms with Gasteiger partial charge >= 0.3 is 0 Å². The number of para-hydroxylation sites is 4. The van der Waals surface area contributed by atoms with Crippen molar-refractivity contribution < 1.29 is 9.47 Å². The van der Waals surface area contributed by atoms with Crippen molar-refractivity contribution in [3.05, 3.63) is 54.9 Å². The van der Waals surface area contributed by atoms with Gasteiger partial charge in [-0.3, -0.25) is 0 Å². The lowest BCUT2D eigenvalue weighted by Gasteiger charge is -2.10. The predicted octanol–water partition coefficient (Wildman–Crippen LogP) is 3.90. The highest BCUT2D eigenvalue weighted by Crippen LogP contribution is 2.25. The Morgan fingerprint density at radius 3 is 2.59 bits per heavy atom. The SMILES string of the molecule is COc1ccccc1OCCCCn1cnc2ccccc21. The maximum Gasteiger partial charge on any atom is 0.161 e. The maximum absolute atomic E-state index is 5.79. The first kappa shape index (κ1) is 14.4. The molecule has 1 heterocycles. The monoisotopic (exact) mass is 296 g/mol. The van der Waals surface area contributed by atoms with Crippen LogP contribution in [0.3, 0.4) is 0 Å². The van der Waals surface area contributed by atoms with E-state index < -0.39 is 0 Å². The second-order valence-corrected chi connectivity index (χ2v) is 5.13. The first-order valence-corrected chi connectivity index (χ1v) is 7.54. The number of rotatable bonds is 7. The van der Waals surface area contributed by atoms with Crippen molar-refractivity contribution >= 4 is 11.0 Å². The van der Waals surface area contributed by atoms with E-state index >= 15 is 0 Å². The van der Waals surface area contributed by atoms with E-state index in [0.29, 0.717) is 6.61 Å². The zero-order valence-corrected chi connectivity index (χ0v) is 12.7. The average Bonchev–Trinajstić information content (AvgIpc) is 2.98. The first-order chi connectivity index (χ1) is 10.9. The van der Waals surface area contributed by atoms with E-state index in [4.69, 9.17) is 9.47 Å². The number of imidazole rings is 1. The quantitative estimate of drug-likeness (QED) is 0.620. The van der Waals surface area contributed by atoms with Gasteiger partial charge in [0.2, 0.25) is 0 Å². The van der Waals surface area contributed by atoms with Crippen LogP contribution in [0.25, 0.3) is 11.0 Å². The van der Waals surface area contributed by atoms with Crippen LogP contribution < -0.4 is 9.47 Å². The summed E-state index contributed by atoms with van der Waals surface area (Å²) in [6, 6.07) is 15.9. The maximum atomic E-state index is 5.79. The molecule has 0 amide bonds. The number of benzene rings is 2. The Morgan fingerprint density at radius 1 is 0.955 bits per heavy atom. The molecule has 0 aliphatic rings. The van der Waals surface area contributed by atoms with Crippen molar-refractivity contribution in [2.45, 2.75) is 19.4 Å². The molecule has 1 aromatic heterocycles. The van der Waals surface area contributed by atoms with Crippen LogP contribution in [0, 0.1) is 0 Å². The smallest absolute Gasteiger partial charge is 0.161 e. The van der Waals surface area contributed by atoms with Gasteiger partial charge in [0, 0.05) is 6.54 Å². The van der Waals surface area contributed by atoms with Gasteiger partial charge in [-0.15, -0.1) is 0 Å². The molecule has 0 bridgehead atoms. The number of hydrogen-bond donors (Lipinski definition) is 0. The third kappa shape index (κ3) is 3.22. The van der Waals surface area contributed by atoms with E-state index in [1.165, 1.54) is 5.52 Å². The van der Waals surface area contributed by atoms with Crippen LogP contribution in [-0.2, 0) is 6.54 Å². The minimum atomic E-state index is 0.688. The normalized spacial score (nSPS) is 10.8. The molecule has 4 nitrogen and oxygen atoms in total. The molecule has 22 heavy (non-hydrogen) atoms. The summed E-state index contributed by atoms with van der Waals surface area (Å²) >= 11 is 0. The van der Waals surface area contributed by atoms with Crippen LogP contribution in [0.2, 0.25) is 0 Å². The standard InChI is InChI=1S/C18H20N2O2/c1-21-17-10-4-5-11-18(17)22-13-7-6-12-20-14-19-15-8-2-3-9-16(15)20/h2-5,8-11,14H,6-7,12-13H2,1H3. The second-order valence-electron chi connectivity index (χ2n) is 5.13. The summed E-state index contributed by atoms with van der Waals surface area (Å²) in [5, 5.41) is 0. The van der Waals surface area contributed by atoms with Gasteiger partial charge in [0.1, 0.15) is 0 Å². The zero-order valence-electron chi connectivity index (χ0n) is 12.7. The Hall–Kier alpha value is -2.49. The second kappa shape index (κ2) is 6.98. The van der Waals surface area contributed by atoms with E-state index in [9.17, 15) is 0 Å². The fraction of sp³-hybridized carbons (Fsp3) is 0.278. The molecule has 0 aliphatic heterocycles. The molecule has 4 heteroatoms. The van der Waals surface area contributed by atoms with Crippen molar-refractivity contribution in [3.63, 3.8) is 0 Å². The lowest BCUT2D eigenvalue weighted by molar-refractivity contribution is 0.284. The summed E-state index contributed by atoms with van der Waals surface area (Å²) in [5.74, 6) is 1.58. The van der Waals surface area contributed by atoms with Crippen LogP contribution in [0.1, 0.15) is 12.8 Å². The number of aryl methyl sites for hydroxylation is 1. The summed E-state index contributed by atoms with van der Waals surface area (Å²) in [6.07, 6.45) is 3.95. The Balaban J connectivity index is 1.48. The Bertz CT molecular complexity index is 737. The van der Waals surface area contributed by atoms with Gasteiger partial charge in [0.25, 0.3) is 0 Å². The highest BCUT2D eigenvalue weighted by molar-refractivity contribution is 5.74. The van der Waals surface area contributed by atoms with Crippen LogP contribution in [-0.4, -0.2) is 23.3 Å². The van der Waals surface area contributed by atoms with Gasteiger partial charge in [-0.2, -0.15) is 0 Å². The molecule has 2 aromatic carbocycles. The van der Waals surface area contributed by atoms with E-state index in [1.807, 2.05) is 48.8 Å². The molecule has 0 aliphatic carbocycles. The van der Waals surface area contributed by atoms with E-state index in [0.717, 1.165) is 36.4 Å². The summed E-state index contributed by atoms with van der Waals surface area (Å²) in [5.41, 5.74) is 2.24. The zero-order chi connectivity index (χ0) is 15.2. The predicted molar refractivity (Wildman–Crippen MR) is 87.5 cm³/mol.